The second kappa shape index (κ2) is 6.31. The van der Waals surface area contributed by atoms with Gasteiger partial charge in [-0.15, -0.1) is 5.10 Å². The predicted octanol–water partition coefficient (Wildman–Crippen LogP) is 0.655. The molecule has 1 N–H and O–H groups in total. The SMILES string of the molecule is O=C(NC1CC(=O)N(Cc2ccccc2)C1)c1nc2ncccn2n1. The summed E-state index contributed by atoms with van der Waals surface area (Å²) in [6, 6.07) is 11.2. The molecule has 0 radical (unpaired) electrons. The molecule has 1 fully saturated rings. The number of benzene rings is 1. The van der Waals surface area contributed by atoms with Crippen LogP contribution in [0, 0.1) is 0 Å². The van der Waals surface area contributed by atoms with Crippen LogP contribution in [0.4, 0.5) is 0 Å². The second-order valence-electron chi connectivity index (χ2n) is 5.93. The van der Waals surface area contributed by atoms with Gasteiger partial charge in [0.05, 0.1) is 6.04 Å². The standard InChI is InChI=1S/C17H16N6O2/c24-14-9-13(11-22(14)10-12-5-2-1-3-6-12)19-16(25)15-20-17-18-7-4-8-23(17)21-15/h1-8,13H,9-11H2,(H,19,25). The minimum atomic E-state index is -0.398. The predicted molar refractivity (Wildman–Crippen MR) is 88.5 cm³/mol. The zero-order chi connectivity index (χ0) is 17.2. The lowest BCUT2D eigenvalue weighted by molar-refractivity contribution is -0.128. The smallest absolute Gasteiger partial charge is 0.291 e. The van der Waals surface area contributed by atoms with Gasteiger partial charge in [-0.1, -0.05) is 30.3 Å². The number of carbonyl (C=O) groups excluding carboxylic acids is 2. The van der Waals surface area contributed by atoms with Crippen molar-refractivity contribution in [1.82, 2.24) is 29.8 Å². The van der Waals surface area contributed by atoms with Gasteiger partial charge in [-0.2, -0.15) is 4.98 Å². The van der Waals surface area contributed by atoms with E-state index in [1.807, 2.05) is 30.3 Å². The maximum Gasteiger partial charge on any atom is 0.291 e. The minimum absolute atomic E-state index is 0.0266. The van der Waals surface area contributed by atoms with E-state index >= 15 is 0 Å². The third kappa shape index (κ3) is 3.18. The van der Waals surface area contributed by atoms with Crippen molar-refractivity contribution in [1.29, 1.82) is 0 Å². The number of nitrogens with one attached hydrogen (secondary N) is 1. The molecule has 1 aliphatic heterocycles. The highest BCUT2D eigenvalue weighted by atomic mass is 16.2. The molecule has 3 aromatic rings. The first-order valence-corrected chi connectivity index (χ1v) is 7.99. The van der Waals surface area contributed by atoms with Crippen molar-refractivity contribution in [3.63, 3.8) is 0 Å². The number of carbonyl (C=O) groups is 2. The Kier molecular flexibility index (Phi) is 3.85. The molecule has 8 heteroatoms. The molecule has 0 saturated carbocycles. The largest absolute Gasteiger partial charge is 0.344 e. The van der Waals surface area contributed by atoms with Crippen molar-refractivity contribution in [3.8, 4) is 0 Å². The third-order valence-corrected chi connectivity index (χ3v) is 4.09. The fourth-order valence-corrected chi connectivity index (χ4v) is 2.90. The van der Waals surface area contributed by atoms with Gasteiger partial charge in [0.1, 0.15) is 0 Å². The van der Waals surface area contributed by atoms with Crippen molar-refractivity contribution < 1.29 is 9.59 Å². The Balaban J connectivity index is 1.41. The van der Waals surface area contributed by atoms with E-state index in [2.05, 4.69) is 20.4 Å². The number of hydrogen-bond donors (Lipinski definition) is 1. The average Bonchev–Trinajstić information content (AvgIpc) is 3.19. The van der Waals surface area contributed by atoms with Gasteiger partial charge in [-0.25, -0.2) is 9.50 Å². The first kappa shape index (κ1) is 15.3. The summed E-state index contributed by atoms with van der Waals surface area (Å²) in [5.41, 5.74) is 1.07. The molecule has 0 aliphatic carbocycles. The number of likely N-dealkylation sites (tertiary alicyclic amines) is 1. The summed E-state index contributed by atoms with van der Waals surface area (Å²) in [4.78, 5) is 34.4. The zero-order valence-corrected chi connectivity index (χ0v) is 13.4. The molecule has 0 bridgehead atoms. The van der Waals surface area contributed by atoms with Crippen molar-refractivity contribution in [2.24, 2.45) is 0 Å². The van der Waals surface area contributed by atoms with E-state index in [0.29, 0.717) is 18.9 Å². The van der Waals surface area contributed by atoms with Gasteiger partial charge < -0.3 is 10.2 Å². The van der Waals surface area contributed by atoms with Crippen molar-refractivity contribution in [2.45, 2.75) is 19.0 Å². The van der Waals surface area contributed by atoms with Crippen LogP contribution in [-0.2, 0) is 11.3 Å². The molecule has 3 heterocycles. The molecule has 25 heavy (non-hydrogen) atoms. The van der Waals surface area contributed by atoms with Gasteiger partial charge in [0.2, 0.25) is 11.7 Å². The molecule has 1 aliphatic rings. The first-order chi connectivity index (χ1) is 12.2. The van der Waals surface area contributed by atoms with Crippen LogP contribution in [0.1, 0.15) is 22.6 Å². The molecule has 1 atom stereocenters. The van der Waals surface area contributed by atoms with E-state index in [4.69, 9.17) is 0 Å². The van der Waals surface area contributed by atoms with Gasteiger partial charge in [0.15, 0.2) is 0 Å². The van der Waals surface area contributed by atoms with E-state index in [9.17, 15) is 9.59 Å². The Bertz CT molecular complexity index is 890. The first-order valence-electron chi connectivity index (χ1n) is 7.99. The summed E-state index contributed by atoms with van der Waals surface area (Å²) in [6.07, 6.45) is 3.54. The zero-order valence-electron chi connectivity index (χ0n) is 13.4. The monoisotopic (exact) mass is 336 g/mol. The molecular weight excluding hydrogens is 320 g/mol. The second-order valence-corrected chi connectivity index (χ2v) is 5.93. The third-order valence-electron chi connectivity index (χ3n) is 4.09. The van der Waals surface area contributed by atoms with Crippen LogP contribution in [0.15, 0.2) is 48.8 Å². The Morgan fingerprint density at radius 1 is 1.24 bits per heavy atom. The summed E-state index contributed by atoms with van der Waals surface area (Å²) in [6.45, 7) is 1.02. The number of rotatable bonds is 4. The van der Waals surface area contributed by atoms with E-state index in [0.717, 1.165) is 5.56 Å². The van der Waals surface area contributed by atoms with Crippen LogP contribution in [0.3, 0.4) is 0 Å². The summed E-state index contributed by atoms with van der Waals surface area (Å²) in [5.74, 6) is 0.0390. The van der Waals surface area contributed by atoms with Crippen LogP contribution in [0.5, 0.6) is 0 Å². The number of aromatic nitrogens is 4. The van der Waals surface area contributed by atoms with Crippen molar-refractivity contribution >= 4 is 17.6 Å². The summed E-state index contributed by atoms with van der Waals surface area (Å²) >= 11 is 0. The van der Waals surface area contributed by atoms with E-state index in [1.54, 1.807) is 23.4 Å². The number of fused-ring (bicyclic) bond motifs is 1. The minimum Gasteiger partial charge on any atom is -0.344 e. The van der Waals surface area contributed by atoms with Crippen LogP contribution in [0.25, 0.3) is 5.78 Å². The summed E-state index contributed by atoms with van der Waals surface area (Å²) in [5, 5.41) is 6.93. The van der Waals surface area contributed by atoms with E-state index in [-0.39, 0.29) is 24.2 Å². The number of hydrogen-bond acceptors (Lipinski definition) is 5. The van der Waals surface area contributed by atoms with Gasteiger partial charge in [-0.05, 0) is 11.6 Å². The molecule has 126 valence electrons. The highest BCUT2D eigenvalue weighted by molar-refractivity contribution is 5.92. The number of amides is 2. The van der Waals surface area contributed by atoms with Crippen molar-refractivity contribution in [3.05, 3.63) is 60.2 Å². The molecule has 2 amide bonds. The lowest BCUT2D eigenvalue weighted by Crippen LogP contribution is -2.37. The topological polar surface area (TPSA) is 92.5 Å². The van der Waals surface area contributed by atoms with Gasteiger partial charge in [-0.3, -0.25) is 9.59 Å². The molecule has 1 saturated heterocycles. The van der Waals surface area contributed by atoms with Crippen molar-refractivity contribution in [2.75, 3.05) is 6.54 Å². The fraction of sp³-hybridized carbons (Fsp3) is 0.235. The Morgan fingerprint density at radius 3 is 2.88 bits per heavy atom. The van der Waals surface area contributed by atoms with E-state index < -0.39 is 5.91 Å². The summed E-state index contributed by atoms with van der Waals surface area (Å²) in [7, 11) is 0. The average molecular weight is 336 g/mol. The molecular formula is C17H16N6O2. The molecule has 1 unspecified atom stereocenters. The van der Waals surface area contributed by atoms with E-state index in [1.165, 1.54) is 4.52 Å². The normalized spacial score (nSPS) is 17.2. The maximum atomic E-state index is 12.3. The molecule has 8 nitrogen and oxygen atoms in total. The Labute approximate surface area is 143 Å². The maximum absolute atomic E-state index is 12.3. The highest BCUT2D eigenvalue weighted by Gasteiger charge is 2.31. The molecule has 0 spiro atoms. The van der Waals surface area contributed by atoms with Gasteiger partial charge in [0, 0.05) is 31.9 Å². The number of nitrogens with zero attached hydrogens (tertiary/aromatic N) is 5. The molecule has 2 aromatic heterocycles. The Morgan fingerprint density at radius 2 is 2.08 bits per heavy atom. The van der Waals surface area contributed by atoms with Gasteiger partial charge >= 0.3 is 0 Å². The van der Waals surface area contributed by atoms with Crippen LogP contribution in [-0.4, -0.2) is 48.9 Å². The quantitative estimate of drug-likeness (QED) is 0.755. The lowest BCUT2D eigenvalue weighted by atomic mass is 10.2. The molecule has 1 aromatic carbocycles. The van der Waals surface area contributed by atoms with Crippen LogP contribution in [0.2, 0.25) is 0 Å². The lowest BCUT2D eigenvalue weighted by Gasteiger charge is -2.16. The summed E-state index contributed by atoms with van der Waals surface area (Å²) < 4.78 is 1.44. The van der Waals surface area contributed by atoms with Gasteiger partial charge in [0.25, 0.3) is 11.7 Å². The fourth-order valence-electron chi connectivity index (χ4n) is 2.90. The van der Waals surface area contributed by atoms with Crippen LogP contribution >= 0.6 is 0 Å². The highest BCUT2D eigenvalue weighted by Crippen LogP contribution is 2.15. The molecule has 4 rings (SSSR count). The Hall–Kier alpha value is -3.29. The van der Waals surface area contributed by atoms with Crippen LogP contribution < -0.4 is 5.32 Å².